The Kier molecular flexibility index (Phi) is 6.35. The number of benzene rings is 3. The summed E-state index contributed by atoms with van der Waals surface area (Å²) in [5.74, 6) is 0.239. The minimum absolute atomic E-state index is 0.101. The van der Waals surface area contributed by atoms with Crippen molar-refractivity contribution in [3.63, 3.8) is 0 Å². The second-order valence-corrected chi connectivity index (χ2v) is 10.2. The molecule has 176 valence electrons. The molecule has 4 aromatic rings. The third kappa shape index (κ3) is 4.44. The molecule has 5 heteroatoms. The van der Waals surface area contributed by atoms with E-state index < -0.39 is 0 Å². The summed E-state index contributed by atoms with van der Waals surface area (Å²) >= 11 is 1.64. The summed E-state index contributed by atoms with van der Waals surface area (Å²) in [6.45, 7) is 8.42. The van der Waals surface area contributed by atoms with Crippen molar-refractivity contribution >= 4 is 23.9 Å². The molecular formula is C30H29N3OS. The molecule has 0 atom stereocenters. The molecule has 0 fully saturated rings. The second kappa shape index (κ2) is 9.59. The average Bonchev–Trinajstić information content (AvgIpc) is 3.31. The summed E-state index contributed by atoms with van der Waals surface area (Å²) in [5, 5.41) is 4.43. The summed E-state index contributed by atoms with van der Waals surface area (Å²) in [6.07, 6.45) is 1.74. The quantitative estimate of drug-likeness (QED) is 0.248. The number of nitrogens with one attached hydrogen (secondary N) is 1. The van der Waals surface area contributed by atoms with Crippen LogP contribution in [0.5, 0.6) is 0 Å². The molecule has 0 unspecified atom stereocenters. The Morgan fingerprint density at radius 3 is 2.26 bits per heavy atom. The molecular weight excluding hydrogens is 450 g/mol. The number of nitrogens with zero attached hydrogens (tertiary/aromatic N) is 2. The van der Waals surface area contributed by atoms with Crippen LogP contribution in [0.1, 0.15) is 44.5 Å². The van der Waals surface area contributed by atoms with Gasteiger partial charge in [-0.2, -0.15) is 5.10 Å². The normalized spacial score (nSPS) is 12.7. The zero-order valence-corrected chi connectivity index (χ0v) is 21.3. The van der Waals surface area contributed by atoms with Gasteiger partial charge >= 0.3 is 0 Å². The van der Waals surface area contributed by atoms with Gasteiger partial charge < -0.3 is 4.57 Å². The van der Waals surface area contributed by atoms with Gasteiger partial charge in [0.25, 0.3) is 0 Å². The maximum Gasteiger partial charge on any atom is 0.250 e. The summed E-state index contributed by atoms with van der Waals surface area (Å²) in [4.78, 5) is 12.6. The number of hydrogen-bond acceptors (Lipinski definition) is 3. The molecule has 0 aliphatic heterocycles. The number of aromatic nitrogens is 1. The lowest BCUT2D eigenvalue weighted by Gasteiger charge is -2.13. The molecule has 1 aliphatic carbocycles. The van der Waals surface area contributed by atoms with E-state index >= 15 is 0 Å². The fourth-order valence-electron chi connectivity index (χ4n) is 5.00. The second-order valence-electron chi connectivity index (χ2n) is 9.11. The van der Waals surface area contributed by atoms with Crippen molar-refractivity contribution in [3.8, 4) is 16.8 Å². The predicted octanol–water partition coefficient (Wildman–Crippen LogP) is 6.66. The first-order chi connectivity index (χ1) is 16.9. The van der Waals surface area contributed by atoms with Crippen LogP contribution < -0.4 is 5.43 Å². The van der Waals surface area contributed by atoms with Crippen LogP contribution in [0.15, 0.2) is 77.9 Å². The van der Waals surface area contributed by atoms with Gasteiger partial charge in [-0.1, -0.05) is 66.2 Å². The Hall–Kier alpha value is -3.57. The zero-order chi connectivity index (χ0) is 24.5. The van der Waals surface area contributed by atoms with Crippen LogP contribution in [0, 0.1) is 27.7 Å². The van der Waals surface area contributed by atoms with Crippen molar-refractivity contribution in [2.24, 2.45) is 5.10 Å². The fraction of sp³-hybridized carbons (Fsp3) is 0.200. The highest BCUT2D eigenvalue weighted by Gasteiger charge is 2.28. The van der Waals surface area contributed by atoms with E-state index in [1.54, 1.807) is 18.0 Å². The molecule has 1 amide bonds. The van der Waals surface area contributed by atoms with E-state index in [9.17, 15) is 4.79 Å². The van der Waals surface area contributed by atoms with Crippen LogP contribution in [-0.4, -0.2) is 22.4 Å². The van der Waals surface area contributed by atoms with Gasteiger partial charge in [0, 0.05) is 22.6 Å². The summed E-state index contributed by atoms with van der Waals surface area (Å²) in [5.41, 5.74) is 14.7. The van der Waals surface area contributed by atoms with Gasteiger partial charge in [-0.3, -0.25) is 4.79 Å². The number of rotatable bonds is 6. The molecule has 0 bridgehead atoms. The molecule has 1 N–H and O–H groups in total. The Labute approximate surface area is 211 Å². The van der Waals surface area contributed by atoms with Gasteiger partial charge in [-0.05, 0) is 67.6 Å². The van der Waals surface area contributed by atoms with Gasteiger partial charge in [-0.25, -0.2) is 5.43 Å². The number of carbonyl (C=O) groups excluding carboxylic acids is 1. The van der Waals surface area contributed by atoms with Crippen molar-refractivity contribution in [3.05, 3.63) is 112 Å². The van der Waals surface area contributed by atoms with Crippen LogP contribution in [0.4, 0.5) is 0 Å². The maximum absolute atomic E-state index is 12.6. The van der Waals surface area contributed by atoms with Crippen LogP contribution in [0.2, 0.25) is 0 Å². The van der Waals surface area contributed by atoms with Crippen molar-refractivity contribution in [1.29, 1.82) is 0 Å². The Morgan fingerprint density at radius 2 is 1.60 bits per heavy atom. The first-order valence-corrected chi connectivity index (χ1v) is 12.9. The Balaban J connectivity index is 1.26. The van der Waals surface area contributed by atoms with Crippen LogP contribution in [-0.2, 0) is 4.79 Å². The molecule has 0 spiro atoms. The lowest BCUT2D eigenvalue weighted by atomic mass is 10.1. The van der Waals surface area contributed by atoms with E-state index in [0.717, 1.165) is 17.0 Å². The molecule has 0 saturated heterocycles. The third-order valence-corrected chi connectivity index (χ3v) is 7.88. The highest BCUT2D eigenvalue weighted by molar-refractivity contribution is 8.00. The third-order valence-electron chi connectivity index (χ3n) is 6.61. The van der Waals surface area contributed by atoms with E-state index in [1.165, 1.54) is 39.1 Å². The van der Waals surface area contributed by atoms with E-state index in [2.05, 4.69) is 116 Å². The molecule has 1 aliphatic rings. The minimum atomic E-state index is -0.101. The first-order valence-electron chi connectivity index (χ1n) is 11.8. The molecule has 35 heavy (non-hydrogen) atoms. The predicted molar refractivity (Wildman–Crippen MR) is 147 cm³/mol. The smallest absolute Gasteiger partial charge is 0.250 e. The molecule has 5 rings (SSSR count). The van der Waals surface area contributed by atoms with E-state index in [0.29, 0.717) is 5.75 Å². The number of amides is 1. The van der Waals surface area contributed by atoms with Gasteiger partial charge in [0.1, 0.15) is 0 Å². The lowest BCUT2D eigenvalue weighted by Crippen LogP contribution is -2.20. The van der Waals surface area contributed by atoms with Gasteiger partial charge in [-0.15, -0.1) is 11.8 Å². The van der Waals surface area contributed by atoms with E-state index in [-0.39, 0.29) is 11.2 Å². The van der Waals surface area contributed by atoms with Crippen molar-refractivity contribution in [1.82, 2.24) is 9.99 Å². The van der Waals surface area contributed by atoms with Gasteiger partial charge in [0.15, 0.2) is 0 Å². The number of thioether (sulfide) groups is 1. The fourth-order valence-corrected chi connectivity index (χ4v) is 6.15. The monoisotopic (exact) mass is 479 g/mol. The highest BCUT2D eigenvalue weighted by Crippen LogP contribution is 2.49. The molecule has 1 aromatic heterocycles. The molecule has 0 saturated carbocycles. The standard InChI is InChI=1S/C30H29N3OS/c1-19-13-14-28(20(2)15-19)33-21(3)16-23(22(33)4)17-31-32-29(34)18-35-30-26-11-7-5-9-24(26)25-10-6-8-12-27(25)30/h5-17,30H,18H2,1-4H3,(H,32,34)/b31-17-. The minimum Gasteiger partial charge on any atom is -0.318 e. The van der Waals surface area contributed by atoms with Gasteiger partial charge in [0.2, 0.25) is 5.91 Å². The molecule has 1 heterocycles. The highest BCUT2D eigenvalue weighted by atomic mass is 32.2. The number of hydrogen-bond donors (Lipinski definition) is 1. The maximum atomic E-state index is 12.6. The van der Waals surface area contributed by atoms with E-state index in [4.69, 9.17) is 0 Å². The summed E-state index contributed by atoms with van der Waals surface area (Å²) in [7, 11) is 0. The average molecular weight is 480 g/mol. The number of fused-ring (bicyclic) bond motifs is 3. The van der Waals surface area contributed by atoms with E-state index in [1.807, 2.05) is 0 Å². The number of carbonyl (C=O) groups is 1. The summed E-state index contributed by atoms with van der Waals surface area (Å²) < 4.78 is 2.24. The largest absolute Gasteiger partial charge is 0.318 e. The van der Waals surface area contributed by atoms with Crippen LogP contribution >= 0.6 is 11.8 Å². The lowest BCUT2D eigenvalue weighted by molar-refractivity contribution is -0.118. The van der Waals surface area contributed by atoms with Gasteiger partial charge in [0.05, 0.1) is 17.2 Å². The molecule has 3 aromatic carbocycles. The van der Waals surface area contributed by atoms with Crippen LogP contribution in [0.25, 0.3) is 16.8 Å². The van der Waals surface area contributed by atoms with Crippen molar-refractivity contribution < 1.29 is 4.79 Å². The first kappa shape index (κ1) is 23.2. The Bertz CT molecular complexity index is 1400. The Morgan fingerprint density at radius 1 is 0.943 bits per heavy atom. The van der Waals surface area contributed by atoms with Crippen LogP contribution in [0.3, 0.4) is 0 Å². The zero-order valence-electron chi connectivity index (χ0n) is 20.5. The summed E-state index contributed by atoms with van der Waals surface area (Å²) in [6, 6.07) is 25.5. The van der Waals surface area contributed by atoms with Crippen molar-refractivity contribution in [2.75, 3.05) is 5.75 Å². The molecule has 4 nitrogen and oxygen atoms in total. The SMILES string of the molecule is Cc1ccc(-n2c(C)cc(/C=N\NC(=O)CSC3c4ccccc4-c4ccccc43)c2C)c(C)c1. The topological polar surface area (TPSA) is 46.4 Å². The number of aryl methyl sites for hydroxylation is 3. The number of hydrazone groups is 1. The van der Waals surface area contributed by atoms with Crippen molar-refractivity contribution in [2.45, 2.75) is 32.9 Å². The molecule has 0 radical (unpaired) electrons.